The summed E-state index contributed by atoms with van der Waals surface area (Å²) >= 11 is 0. The van der Waals surface area contributed by atoms with Crippen molar-refractivity contribution >= 4 is 12.0 Å². The molecule has 0 aromatic heterocycles. The van der Waals surface area contributed by atoms with Crippen molar-refractivity contribution in [2.45, 2.75) is 32.2 Å². The third kappa shape index (κ3) is 4.09. The summed E-state index contributed by atoms with van der Waals surface area (Å²) in [6.07, 6.45) is 3.16. The molecular weight excluding hydrogens is 248 g/mol. The summed E-state index contributed by atoms with van der Waals surface area (Å²) in [5.41, 5.74) is 0. The number of amides is 2. The van der Waals surface area contributed by atoms with Crippen LogP contribution < -0.4 is 0 Å². The standard InChI is InChI=1S/C13H24N2O4/c1-4-5-6-7-14(2)13(18)15(3)11-9-19-8-10(11)12(16)17/h10-11H,4-9H2,1-3H3,(H,16,17). The number of likely N-dealkylation sites (N-methyl/N-ethyl adjacent to an activating group) is 1. The molecule has 1 saturated heterocycles. The Kier molecular flexibility index (Phi) is 6.08. The van der Waals surface area contributed by atoms with Crippen molar-refractivity contribution < 1.29 is 19.4 Å². The first-order valence-electron chi connectivity index (χ1n) is 6.77. The van der Waals surface area contributed by atoms with Gasteiger partial charge in [0.1, 0.15) is 5.92 Å². The molecule has 1 heterocycles. The minimum Gasteiger partial charge on any atom is -0.481 e. The molecule has 2 amide bonds. The van der Waals surface area contributed by atoms with Crippen LogP contribution in [0.15, 0.2) is 0 Å². The molecule has 6 nitrogen and oxygen atoms in total. The molecule has 19 heavy (non-hydrogen) atoms. The van der Waals surface area contributed by atoms with Crippen LogP contribution in [0.5, 0.6) is 0 Å². The van der Waals surface area contributed by atoms with E-state index in [-0.39, 0.29) is 18.7 Å². The van der Waals surface area contributed by atoms with E-state index in [0.717, 1.165) is 19.3 Å². The molecule has 6 heteroatoms. The predicted octanol–water partition coefficient (Wildman–Crippen LogP) is 1.26. The molecule has 1 aliphatic rings. The van der Waals surface area contributed by atoms with Crippen LogP contribution in [0.3, 0.4) is 0 Å². The normalized spacial score (nSPS) is 22.3. The Morgan fingerprint density at radius 2 is 1.95 bits per heavy atom. The average molecular weight is 272 g/mol. The van der Waals surface area contributed by atoms with Crippen LogP contribution in [0.1, 0.15) is 26.2 Å². The lowest BCUT2D eigenvalue weighted by atomic mass is 10.0. The fourth-order valence-corrected chi connectivity index (χ4v) is 2.27. The molecule has 1 fully saturated rings. The number of nitrogens with zero attached hydrogens (tertiary/aromatic N) is 2. The van der Waals surface area contributed by atoms with Crippen LogP contribution in [-0.4, -0.2) is 66.8 Å². The number of carboxylic acid groups (broad SMARTS) is 1. The van der Waals surface area contributed by atoms with Gasteiger partial charge in [0.15, 0.2) is 0 Å². The van der Waals surface area contributed by atoms with E-state index in [2.05, 4.69) is 6.92 Å². The number of urea groups is 1. The second-order valence-electron chi connectivity index (χ2n) is 5.07. The van der Waals surface area contributed by atoms with Crippen LogP contribution >= 0.6 is 0 Å². The van der Waals surface area contributed by atoms with Crippen molar-refractivity contribution in [2.24, 2.45) is 5.92 Å². The second kappa shape index (κ2) is 7.33. The fourth-order valence-electron chi connectivity index (χ4n) is 2.27. The van der Waals surface area contributed by atoms with Crippen LogP contribution in [0.2, 0.25) is 0 Å². The van der Waals surface area contributed by atoms with E-state index in [1.807, 2.05) is 0 Å². The summed E-state index contributed by atoms with van der Waals surface area (Å²) in [6, 6.07) is -0.517. The summed E-state index contributed by atoms with van der Waals surface area (Å²) in [6.45, 7) is 3.28. The highest BCUT2D eigenvalue weighted by Gasteiger charge is 2.39. The number of aliphatic carboxylic acids is 1. The zero-order valence-electron chi connectivity index (χ0n) is 12.0. The van der Waals surface area contributed by atoms with Crippen LogP contribution in [0, 0.1) is 5.92 Å². The van der Waals surface area contributed by atoms with Gasteiger partial charge in [-0.25, -0.2) is 4.79 Å². The molecule has 2 unspecified atom stereocenters. The first-order valence-corrected chi connectivity index (χ1v) is 6.77. The second-order valence-corrected chi connectivity index (χ2v) is 5.07. The highest BCUT2D eigenvalue weighted by Crippen LogP contribution is 2.20. The van der Waals surface area contributed by atoms with E-state index in [0.29, 0.717) is 13.2 Å². The van der Waals surface area contributed by atoms with Gasteiger partial charge in [0.25, 0.3) is 0 Å². The molecule has 0 spiro atoms. The number of carboxylic acids is 1. The summed E-state index contributed by atoms with van der Waals surface area (Å²) in [7, 11) is 3.40. The topological polar surface area (TPSA) is 70.1 Å². The number of carbonyl (C=O) groups excluding carboxylic acids is 1. The molecule has 0 aromatic rings. The van der Waals surface area contributed by atoms with Gasteiger partial charge >= 0.3 is 12.0 Å². The quantitative estimate of drug-likeness (QED) is 0.739. The number of rotatable bonds is 6. The van der Waals surface area contributed by atoms with Crippen molar-refractivity contribution in [3.05, 3.63) is 0 Å². The molecule has 2 atom stereocenters. The highest BCUT2D eigenvalue weighted by atomic mass is 16.5. The van der Waals surface area contributed by atoms with E-state index in [9.17, 15) is 9.59 Å². The Morgan fingerprint density at radius 1 is 1.26 bits per heavy atom. The SMILES string of the molecule is CCCCCN(C)C(=O)N(C)C1COCC1C(=O)O. The first kappa shape index (κ1) is 15.8. The third-order valence-electron chi connectivity index (χ3n) is 3.59. The molecule has 1 rings (SSSR count). The van der Waals surface area contributed by atoms with Crippen molar-refractivity contribution in [1.82, 2.24) is 9.80 Å². The van der Waals surface area contributed by atoms with E-state index >= 15 is 0 Å². The lowest BCUT2D eigenvalue weighted by Gasteiger charge is -2.30. The predicted molar refractivity (Wildman–Crippen MR) is 71.0 cm³/mol. The third-order valence-corrected chi connectivity index (χ3v) is 3.59. The Bertz CT molecular complexity index is 322. The molecule has 0 aliphatic carbocycles. The molecule has 0 radical (unpaired) electrons. The van der Waals surface area contributed by atoms with Crippen molar-refractivity contribution in [2.75, 3.05) is 33.9 Å². The van der Waals surface area contributed by atoms with Crippen LogP contribution in [-0.2, 0) is 9.53 Å². The van der Waals surface area contributed by atoms with Crippen molar-refractivity contribution in [3.63, 3.8) is 0 Å². The Morgan fingerprint density at radius 3 is 2.53 bits per heavy atom. The van der Waals surface area contributed by atoms with Gasteiger partial charge in [0, 0.05) is 20.6 Å². The number of hydrogen-bond acceptors (Lipinski definition) is 3. The summed E-state index contributed by atoms with van der Waals surface area (Å²) in [4.78, 5) is 26.4. The van der Waals surface area contributed by atoms with Gasteiger partial charge in [-0.3, -0.25) is 4.79 Å². The van der Waals surface area contributed by atoms with Crippen LogP contribution in [0.4, 0.5) is 4.79 Å². The summed E-state index contributed by atoms with van der Waals surface area (Å²) < 4.78 is 5.19. The van der Waals surface area contributed by atoms with Gasteiger partial charge < -0.3 is 19.6 Å². The maximum atomic E-state index is 12.2. The minimum atomic E-state index is -0.907. The Labute approximate surface area is 114 Å². The maximum absolute atomic E-state index is 12.2. The van der Waals surface area contributed by atoms with Gasteiger partial charge in [0.2, 0.25) is 0 Å². The molecule has 0 bridgehead atoms. The summed E-state index contributed by atoms with van der Waals surface area (Å²) in [5, 5.41) is 9.09. The van der Waals surface area contributed by atoms with Gasteiger partial charge in [-0.15, -0.1) is 0 Å². The summed E-state index contributed by atoms with van der Waals surface area (Å²) in [5.74, 6) is -1.53. The molecule has 110 valence electrons. The van der Waals surface area contributed by atoms with Gasteiger partial charge in [0.05, 0.1) is 19.3 Å². The number of carbonyl (C=O) groups is 2. The van der Waals surface area contributed by atoms with E-state index in [1.54, 1.807) is 19.0 Å². The van der Waals surface area contributed by atoms with Crippen molar-refractivity contribution in [1.29, 1.82) is 0 Å². The van der Waals surface area contributed by atoms with Gasteiger partial charge in [-0.2, -0.15) is 0 Å². The zero-order valence-corrected chi connectivity index (χ0v) is 12.0. The zero-order chi connectivity index (χ0) is 14.4. The van der Waals surface area contributed by atoms with E-state index in [4.69, 9.17) is 9.84 Å². The molecule has 1 N–H and O–H groups in total. The number of ether oxygens (including phenoxy) is 1. The largest absolute Gasteiger partial charge is 0.481 e. The lowest BCUT2D eigenvalue weighted by Crippen LogP contribution is -2.49. The lowest BCUT2D eigenvalue weighted by molar-refractivity contribution is -0.142. The van der Waals surface area contributed by atoms with Crippen molar-refractivity contribution in [3.8, 4) is 0 Å². The Balaban J connectivity index is 2.53. The highest BCUT2D eigenvalue weighted by molar-refractivity contribution is 5.77. The maximum Gasteiger partial charge on any atom is 0.319 e. The number of hydrogen-bond donors (Lipinski definition) is 1. The van der Waals surface area contributed by atoms with E-state index < -0.39 is 11.9 Å². The molecule has 1 aliphatic heterocycles. The van der Waals surface area contributed by atoms with Gasteiger partial charge in [-0.1, -0.05) is 19.8 Å². The molecule has 0 saturated carbocycles. The number of unbranched alkanes of at least 4 members (excludes halogenated alkanes) is 2. The van der Waals surface area contributed by atoms with Crippen LogP contribution in [0.25, 0.3) is 0 Å². The minimum absolute atomic E-state index is 0.141. The molecule has 0 aromatic carbocycles. The molecular formula is C13H24N2O4. The average Bonchev–Trinajstić information content (AvgIpc) is 2.86. The first-order chi connectivity index (χ1) is 8.99. The van der Waals surface area contributed by atoms with E-state index in [1.165, 1.54) is 4.90 Å². The smallest absolute Gasteiger partial charge is 0.319 e. The fraction of sp³-hybridized carbons (Fsp3) is 0.846. The van der Waals surface area contributed by atoms with Gasteiger partial charge in [-0.05, 0) is 6.42 Å². The monoisotopic (exact) mass is 272 g/mol. The Hall–Kier alpha value is -1.30.